The zero-order valence-corrected chi connectivity index (χ0v) is 11.7. The molecule has 5 heteroatoms. The van der Waals surface area contributed by atoms with E-state index in [1.807, 2.05) is 26.0 Å². The van der Waals surface area contributed by atoms with E-state index in [9.17, 15) is 4.79 Å². The van der Waals surface area contributed by atoms with Crippen LogP contribution in [0.5, 0.6) is 11.5 Å². The maximum absolute atomic E-state index is 11.5. The van der Waals surface area contributed by atoms with E-state index in [0.29, 0.717) is 18.0 Å². The van der Waals surface area contributed by atoms with Crippen LogP contribution in [0.15, 0.2) is 18.2 Å². The maximum Gasteiger partial charge on any atom is 0.257 e. The Bertz CT molecular complexity index is 419. The Kier molecular flexibility index (Phi) is 6.15. The lowest BCUT2D eigenvalue weighted by atomic mass is 10.1. The van der Waals surface area contributed by atoms with E-state index >= 15 is 0 Å². The van der Waals surface area contributed by atoms with Gasteiger partial charge in [0, 0.05) is 12.6 Å². The molecule has 0 aliphatic carbocycles. The van der Waals surface area contributed by atoms with E-state index in [1.165, 1.54) is 0 Å². The Balaban J connectivity index is 2.65. The number of methoxy groups -OCH3 is 1. The highest BCUT2D eigenvalue weighted by molar-refractivity contribution is 5.77. The van der Waals surface area contributed by atoms with E-state index in [0.717, 1.165) is 12.0 Å². The molecule has 1 rings (SSSR count). The van der Waals surface area contributed by atoms with Gasteiger partial charge in [0.2, 0.25) is 0 Å². The van der Waals surface area contributed by atoms with E-state index in [1.54, 1.807) is 13.2 Å². The average Bonchev–Trinajstić information content (AvgIpc) is 2.42. The molecule has 0 fully saturated rings. The topological polar surface area (TPSA) is 73.6 Å². The summed E-state index contributed by atoms with van der Waals surface area (Å²) < 4.78 is 10.7. The minimum atomic E-state index is -0.139. The second kappa shape index (κ2) is 7.63. The Morgan fingerprint density at radius 3 is 2.74 bits per heavy atom. The molecule has 1 aromatic rings. The summed E-state index contributed by atoms with van der Waals surface area (Å²) >= 11 is 0. The molecule has 0 saturated carbocycles. The van der Waals surface area contributed by atoms with Crippen LogP contribution in [0, 0.1) is 0 Å². The number of amides is 1. The summed E-state index contributed by atoms with van der Waals surface area (Å²) in [6.07, 6.45) is 0.901. The smallest absolute Gasteiger partial charge is 0.257 e. The van der Waals surface area contributed by atoms with Crippen LogP contribution in [0.25, 0.3) is 0 Å². The molecule has 0 radical (unpaired) electrons. The first-order valence-electron chi connectivity index (χ1n) is 6.41. The second-order valence-corrected chi connectivity index (χ2v) is 4.34. The van der Waals surface area contributed by atoms with Gasteiger partial charge in [-0.3, -0.25) is 4.79 Å². The van der Waals surface area contributed by atoms with Crippen LogP contribution in [0.1, 0.15) is 31.9 Å². The van der Waals surface area contributed by atoms with Gasteiger partial charge in [-0.05, 0) is 31.0 Å². The molecular formula is C14H22N2O3. The second-order valence-electron chi connectivity index (χ2n) is 4.34. The van der Waals surface area contributed by atoms with Crippen molar-refractivity contribution in [3.05, 3.63) is 23.8 Å². The fourth-order valence-corrected chi connectivity index (χ4v) is 1.55. The molecule has 0 aliphatic rings. The van der Waals surface area contributed by atoms with Gasteiger partial charge in [-0.15, -0.1) is 0 Å². The Morgan fingerprint density at radius 1 is 1.42 bits per heavy atom. The number of benzene rings is 1. The highest BCUT2D eigenvalue weighted by atomic mass is 16.5. The van der Waals surface area contributed by atoms with Crippen LogP contribution < -0.4 is 20.5 Å². The van der Waals surface area contributed by atoms with Crippen LogP contribution >= 0.6 is 0 Å². The van der Waals surface area contributed by atoms with Gasteiger partial charge in [0.05, 0.1) is 7.11 Å². The van der Waals surface area contributed by atoms with E-state index < -0.39 is 0 Å². The number of rotatable bonds is 7. The summed E-state index contributed by atoms with van der Waals surface area (Å²) in [7, 11) is 1.56. The van der Waals surface area contributed by atoms with Gasteiger partial charge in [0.15, 0.2) is 18.1 Å². The normalized spacial score (nSPS) is 11.8. The highest BCUT2D eigenvalue weighted by Gasteiger charge is 2.09. The van der Waals surface area contributed by atoms with Crippen LogP contribution in [-0.2, 0) is 4.79 Å². The molecule has 106 valence electrons. The van der Waals surface area contributed by atoms with E-state index in [4.69, 9.17) is 15.2 Å². The fraction of sp³-hybridized carbons (Fsp3) is 0.500. The number of ether oxygens (including phenoxy) is 2. The van der Waals surface area contributed by atoms with E-state index in [2.05, 4.69) is 5.32 Å². The summed E-state index contributed by atoms with van der Waals surface area (Å²) in [4.78, 5) is 11.5. The van der Waals surface area contributed by atoms with E-state index in [-0.39, 0.29) is 18.6 Å². The predicted molar refractivity (Wildman–Crippen MR) is 74.4 cm³/mol. The molecule has 0 aromatic heterocycles. The van der Waals surface area contributed by atoms with Crippen molar-refractivity contribution in [2.75, 3.05) is 20.3 Å². The van der Waals surface area contributed by atoms with Gasteiger partial charge in [0.25, 0.3) is 5.91 Å². The first kappa shape index (κ1) is 15.3. The zero-order valence-electron chi connectivity index (χ0n) is 11.7. The molecule has 0 heterocycles. The molecule has 0 aliphatic heterocycles. The minimum Gasteiger partial charge on any atom is -0.493 e. The molecule has 3 N–H and O–H groups in total. The number of hydrogen-bond donors (Lipinski definition) is 2. The van der Waals surface area contributed by atoms with Crippen molar-refractivity contribution in [2.45, 2.75) is 26.3 Å². The average molecular weight is 266 g/mol. The lowest BCUT2D eigenvalue weighted by Crippen LogP contribution is -2.29. The maximum atomic E-state index is 11.5. The van der Waals surface area contributed by atoms with Crippen molar-refractivity contribution in [3.63, 3.8) is 0 Å². The Labute approximate surface area is 114 Å². The monoisotopic (exact) mass is 266 g/mol. The molecule has 0 saturated heterocycles. The quantitative estimate of drug-likeness (QED) is 0.786. The molecule has 0 unspecified atom stereocenters. The number of nitrogens with one attached hydrogen (secondary N) is 1. The van der Waals surface area contributed by atoms with Crippen molar-refractivity contribution >= 4 is 5.91 Å². The molecule has 0 bridgehead atoms. The van der Waals surface area contributed by atoms with Gasteiger partial charge >= 0.3 is 0 Å². The summed E-state index contributed by atoms with van der Waals surface area (Å²) in [6, 6.07) is 5.39. The van der Waals surface area contributed by atoms with Gasteiger partial charge in [0.1, 0.15) is 0 Å². The third-order valence-electron chi connectivity index (χ3n) is 2.64. The fourth-order valence-electron chi connectivity index (χ4n) is 1.55. The molecule has 5 nitrogen and oxygen atoms in total. The zero-order chi connectivity index (χ0) is 14.3. The van der Waals surface area contributed by atoms with Crippen LogP contribution in [-0.4, -0.2) is 26.2 Å². The van der Waals surface area contributed by atoms with Crippen molar-refractivity contribution in [2.24, 2.45) is 5.73 Å². The van der Waals surface area contributed by atoms with Crippen molar-refractivity contribution in [1.82, 2.24) is 5.32 Å². The first-order chi connectivity index (χ1) is 9.08. The molecule has 1 aromatic carbocycles. The number of nitrogens with two attached hydrogens (primary N) is 1. The van der Waals surface area contributed by atoms with Gasteiger partial charge in [-0.2, -0.15) is 0 Å². The van der Waals surface area contributed by atoms with Crippen molar-refractivity contribution in [1.29, 1.82) is 0 Å². The van der Waals surface area contributed by atoms with Crippen LogP contribution in [0.2, 0.25) is 0 Å². The lowest BCUT2D eigenvalue weighted by molar-refractivity contribution is -0.123. The molecule has 1 atom stereocenters. The SMILES string of the molecule is CCCNC(=O)COc1ccc([C@@H](C)N)cc1OC. The lowest BCUT2D eigenvalue weighted by Gasteiger charge is -2.13. The number of hydrogen-bond acceptors (Lipinski definition) is 4. The van der Waals surface area contributed by atoms with Gasteiger partial charge in [-0.1, -0.05) is 13.0 Å². The van der Waals surface area contributed by atoms with Crippen molar-refractivity contribution < 1.29 is 14.3 Å². The highest BCUT2D eigenvalue weighted by Crippen LogP contribution is 2.29. The van der Waals surface area contributed by atoms with Gasteiger partial charge in [-0.25, -0.2) is 0 Å². The summed E-state index contributed by atoms with van der Waals surface area (Å²) in [5.41, 5.74) is 6.76. The summed E-state index contributed by atoms with van der Waals surface area (Å²) in [6.45, 7) is 4.53. The van der Waals surface area contributed by atoms with Crippen LogP contribution in [0.4, 0.5) is 0 Å². The Morgan fingerprint density at radius 2 is 2.16 bits per heavy atom. The van der Waals surface area contributed by atoms with Gasteiger partial charge < -0.3 is 20.5 Å². The predicted octanol–water partition coefficient (Wildman–Crippen LogP) is 1.62. The summed E-state index contributed by atoms with van der Waals surface area (Å²) in [5.74, 6) is 0.983. The standard InChI is InChI=1S/C14H22N2O3/c1-4-7-16-14(17)9-19-12-6-5-11(10(2)15)8-13(12)18-3/h5-6,8,10H,4,7,9,15H2,1-3H3,(H,16,17)/t10-/m1/s1. The molecule has 19 heavy (non-hydrogen) atoms. The molecular weight excluding hydrogens is 244 g/mol. The third-order valence-corrected chi connectivity index (χ3v) is 2.64. The molecule has 1 amide bonds. The number of carbonyl (C=O) groups excluding carboxylic acids is 1. The number of carbonyl (C=O) groups is 1. The minimum absolute atomic E-state index is 0.0200. The first-order valence-corrected chi connectivity index (χ1v) is 6.41. The third kappa shape index (κ3) is 4.79. The Hall–Kier alpha value is -1.75. The summed E-state index contributed by atoms with van der Waals surface area (Å²) in [5, 5.41) is 2.74. The largest absolute Gasteiger partial charge is 0.493 e. The van der Waals surface area contributed by atoms with Crippen LogP contribution in [0.3, 0.4) is 0 Å². The van der Waals surface area contributed by atoms with Crippen molar-refractivity contribution in [3.8, 4) is 11.5 Å². The molecule has 0 spiro atoms.